The minimum atomic E-state index is -0.417. The van der Waals surface area contributed by atoms with Gasteiger partial charge in [0, 0.05) is 23.1 Å². The van der Waals surface area contributed by atoms with Crippen LogP contribution in [-0.4, -0.2) is 9.91 Å². The molecule has 0 radical (unpaired) electrons. The number of nitrogens with zero attached hydrogens (tertiary/aromatic N) is 2. The maximum absolute atomic E-state index is 10.6. The van der Waals surface area contributed by atoms with Gasteiger partial charge in [-0.15, -0.1) is 11.3 Å². The van der Waals surface area contributed by atoms with Crippen LogP contribution in [0, 0.1) is 10.1 Å². The number of nitro benzene ring substituents is 1. The van der Waals surface area contributed by atoms with Crippen molar-refractivity contribution in [1.29, 1.82) is 0 Å². The summed E-state index contributed by atoms with van der Waals surface area (Å²) in [7, 11) is 0. The number of nitro groups is 1. The van der Waals surface area contributed by atoms with Gasteiger partial charge in [0.15, 0.2) is 5.76 Å². The van der Waals surface area contributed by atoms with Gasteiger partial charge in [-0.3, -0.25) is 10.1 Å². The summed E-state index contributed by atoms with van der Waals surface area (Å²) in [4.78, 5) is 14.6. The molecule has 19 heavy (non-hydrogen) atoms. The summed E-state index contributed by atoms with van der Waals surface area (Å²) >= 11 is 1.47. The van der Waals surface area contributed by atoms with E-state index in [0.717, 1.165) is 16.3 Å². The molecule has 2 heterocycles. The van der Waals surface area contributed by atoms with E-state index >= 15 is 0 Å². The van der Waals surface area contributed by atoms with E-state index in [-0.39, 0.29) is 5.69 Å². The van der Waals surface area contributed by atoms with E-state index in [0.29, 0.717) is 5.76 Å². The highest BCUT2D eigenvalue weighted by Gasteiger charge is 2.10. The Labute approximate surface area is 112 Å². The highest BCUT2D eigenvalue weighted by molar-refractivity contribution is 7.13. The van der Waals surface area contributed by atoms with Crippen molar-refractivity contribution in [2.24, 2.45) is 0 Å². The molecule has 6 heteroatoms. The van der Waals surface area contributed by atoms with Crippen LogP contribution >= 0.6 is 11.3 Å². The molecule has 0 aliphatic heterocycles. The summed E-state index contributed by atoms with van der Waals surface area (Å²) in [6.45, 7) is 0. The van der Waals surface area contributed by atoms with Crippen molar-refractivity contribution in [2.75, 3.05) is 0 Å². The van der Waals surface area contributed by atoms with E-state index < -0.39 is 4.92 Å². The molecule has 0 N–H and O–H groups in total. The molecule has 0 saturated heterocycles. The molecule has 0 spiro atoms. The normalized spacial score (nSPS) is 10.5. The van der Waals surface area contributed by atoms with Crippen molar-refractivity contribution in [3.63, 3.8) is 0 Å². The van der Waals surface area contributed by atoms with Gasteiger partial charge >= 0.3 is 0 Å². The minimum Gasteiger partial charge on any atom is -0.463 e. The Bertz CT molecular complexity index is 702. The summed E-state index contributed by atoms with van der Waals surface area (Å²) in [6.07, 6.45) is 1.60. The Hall–Kier alpha value is -2.47. The van der Waals surface area contributed by atoms with Crippen LogP contribution in [0.25, 0.3) is 22.0 Å². The van der Waals surface area contributed by atoms with E-state index in [9.17, 15) is 10.1 Å². The van der Waals surface area contributed by atoms with E-state index in [2.05, 4.69) is 4.98 Å². The zero-order valence-corrected chi connectivity index (χ0v) is 10.5. The number of non-ortho nitro benzene ring substituents is 1. The highest BCUT2D eigenvalue weighted by Crippen LogP contribution is 2.29. The number of hydrogen-bond acceptors (Lipinski definition) is 5. The summed E-state index contributed by atoms with van der Waals surface area (Å²) in [5.41, 5.74) is 1.70. The molecule has 0 aliphatic rings. The van der Waals surface area contributed by atoms with Gasteiger partial charge < -0.3 is 4.42 Å². The average molecular weight is 272 g/mol. The molecule has 94 valence electrons. The van der Waals surface area contributed by atoms with Gasteiger partial charge in [0.2, 0.25) is 0 Å². The average Bonchev–Trinajstić information content (AvgIpc) is 3.10. The first-order valence-electron chi connectivity index (χ1n) is 5.48. The lowest BCUT2D eigenvalue weighted by Gasteiger charge is -1.95. The molecule has 1 aromatic carbocycles. The molecule has 2 aromatic heterocycles. The van der Waals surface area contributed by atoms with Gasteiger partial charge in [-0.25, -0.2) is 4.98 Å². The summed E-state index contributed by atoms with van der Waals surface area (Å²) in [6, 6.07) is 9.99. The molecule has 0 saturated carbocycles. The second kappa shape index (κ2) is 4.66. The Morgan fingerprint density at radius 2 is 2.00 bits per heavy atom. The molecular weight excluding hydrogens is 264 g/mol. The molecule has 0 aliphatic carbocycles. The van der Waals surface area contributed by atoms with Crippen molar-refractivity contribution in [1.82, 2.24) is 4.98 Å². The number of furan rings is 1. The Morgan fingerprint density at radius 3 is 2.63 bits per heavy atom. The number of aromatic nitrogens is 1. The number of benzene rings is 1. The van der Waals surface area contributed by atoms with E-state index in [1.807, 2.05) is 11.4 Å². The van der Waals surface area contributed by atoms with Crippen molar-refractivity contribution in [3.05, 3.63) is 58.2 Å². The first-order chi connectivity index (χ1) is 9.24. The Balaban J connectivity index is 1.92. The minimum absolute atomic E-state index is 0.0755. The second-order valence-electron chi connectivity index (χ2n) is 3.82. The van der Waals surface area contributed by atoms with Gasteiger partial charge in [0.25, 0.3) is 5.69 Å². The van der Waals surface area contributed by atoms with Crippen LogP contribution in [-0.2, 0) is 0 Å². The topological polar surface area (TPSA) is 69.2 Å². The predicted molar refractivity (Wildman–Crippen MR) is 71.9 cm³/mol. The monoisotopic (exact) mass is 272 g/mol. The van der Waals surface area contributed by atoms with Crippen LogP contribution in [0.2, 0.25) is 0 Å². The maximum Gasteiger partial charge on any atom is 0.269 e. The van der Waals surface area contributed by atoms with Gasteiger partial charge in [-0.2, -0.15) is 0 Å². The fraction of sp³-hybridized carbons (Fsp3) is 0. The van der Waals surface area contributed by atoms with Gasteiger partial charge in [0.1, 0.15) is 10.7 Å². The second-order valence-corrected chi connectivity index (χ2v) is 4.68. The van der Waals surface area contributed by atoms with E-state index in [1.165, 1.54) is 23.5 Å². The Morgan fingerprint density at radius 1 is 1.21 bits per heavy atom. The van der Waals surface area contributed by atoms with Crippen LogP contribution in [0.4, 0.5) is 5.69 Å². The SMILES string of the molecule is O=[N+]([O-])c1ccc(-c2nc(-c3ccco3)cs2)cc1. The number of hydrogen-bond donors (Lipinski definition) is 0. The molecule has 0 atom stereocenters. The van der Waals surface area contributed by atoms with Crippen LogP contribution in [0.5, 0.6) is 0 Å². The lowest BCUT2D eigenvalue weighted by atomic mass is 10.2. The molecular formula is C13H8N2O3S. The van der Waals surface area contributed by atoms with Crippen LogP contribution in [0.3, 0.4) is 0 Å². The fourth-order valence-electron chi connectivity index (χ4n) is 1.67. The lowest BCUT2D eigenvalue weighted by Crippen LogP contribution is -1.87. The highest BCUT2D eigenvalue weighted by atomic mass is 32.1. The molecule has 5 nitrogen and oxygen atoms in total. The molecule has 0 fully saturated rings. The zero-order valence-electron chi connectivity index (χ0n) is 9.65. The lowest BCUT2D eigenvalue weighted by molar-refractivity contribution is -0.384. The molecule has 0 unspecified atom stereocenters. The van der Waals surface area contributed by atoms with Crippen molar-refractivity contribution in [2.45, 2.75) is 0 Å². The van der Waals surface area contributed by atoms with Gasteiger partial charge in [0.05, 0.1) is 11.2 Å². The maximum atomic E-state index is 10.6. The standard InChI is InChI=1S/C13H8N2O3S/c16-15(17)10-5-3-9(4-6-10)13-14-11(8-19-13)12-2-1-7-18-12/h1-8H. The van der Waals surface area contributed by atoms with Crippen LogP contribution in [0.15, 0.2) is 52.5 Å². The summed E-state index contributed by atoms with van der Waals surface area (Å²) < 4.78 is 5.27. The Kier molecular flexibility index (Phi) is 2.85. The molecule has 3 rings (SSSR count). The van der Waals surface area contributed by atoms with Crippen LogP contribution in [0.1, 0.15) is 0 Å². The third-order valence-electron chi connectivity index (χ3n) is 2.60. The van der Waals surface area contributed by atoms with Gasteiger partial charge in [-0.1, -0.05) is 0 Å². The first kappa shape index (κ1) is 11.6. The smallest absolute Gasteiger partial charge is 0.269 e. The van der Waals surface area contributed by atoms with Crippen LogP contribution < -0.4 is 0 Å². The third kappa shape index (κ3) is 2.25. The van der Waals surface area contributed by atoms with Crippen molar-refractivity contribution in [3.8, 4) is 22.0 Å². The first-order valence-corrected chi connectivity index (χ1v) is 6.36. The molecule has 0 amide bonds. The fourth-order valence-corrected chi connectivity index (χ4v) is 2.48. The number of thiazole rings is 1. The molecule has 3 aromatic rings. The van der Waals surface area contributed by atoms with E-state index in [4.69, 9.17) is 4.42 Å². The summed E-state index contributed by atoms with van der Waals surface area (Å²) in [5.74, 6) is 0.712. The molecule has 0 bridgehead atoms. The van der Waals surface area contributed by atoms with Gasteiger partial charge in [-0.05, 0) is 24.3 Å². The largest absolute Gasteiger partial charge is 0.463 e. The van der Waals surface area contributed by atoms with E-state index in [1.54, 1.807) is 24.5 Å². The summed E-state index contributed by atoms with van der Waals surface area (Å²) in [5, 5.41) is 13.3. The van der Waals surface area contributed by atoms with Crippen molar-refractivity contribution < 1.29 is 9.34 Å². The quantitative estimate of drug-likeness (QED) is 0.534. The van der Waals surface area contributed by atoms with Crippen molar-refractivity contribution >= 4 is 17.0 Å². The predicted octanol–water partition coefficient (Wildman–Crippen LogP) is 3.98. The third-order valence-corrected chi connectivity index (χ3v) is 3.49. The zero-order chi connectivity index (χ0) is 13.2. The number of rotatable bonds is 3.